The third-order valence-corrected chi connectivity index (χ3v) is 1.93. The van der Waals surface area contributed by atoms with Gasteiger partial charge in [-0.2, -0.15) is 0 Å². The van der Waals surface area contributed by atoms with Gasteiger partial charge < -0.3 is 0 Å². The molecule has 0 aromatic heterocycles. The fourth-order valence-corrected chi connectivity index (χ4v) is 1.10. The van der Waals surface area contributed by atoms with Gasteiger partial charge in [-0.3, -0.25) is 4.84 Å². The summed E-state index contributed by atoms with van der Waals surface area (Å²) >= 11 is 5.70. The van der Waals surface area contributed by atoms with Gasteiger partial charge in [0.05, 0.1) is 6.61 Å². The van der Waals surface area contributed by atoms with Crippen LogP contribution in [0.2, 0.25) is 5.02 Å². The molecule has 0 aliphatic rings. The summed E-state index contributed by atoms with van der Waals surface area (Å²) < 4.78 is 24.4. The Bertz CT molecular complexity index is 293. The fraction of sp³-hybridized carbons (Fsp3) is 0.250. The van der Waals surface area contributed by atoms with Crippen molar-refractivity contribution in [2.45, 2.75) is 13.0 Å². The molecule has 2 N–H and O–H groups in total. The first-order valence-electron chi connectivity index (χ1n) is 3.53. The average Bonchev–Trinajstić information content (AvgIpc) is 2.08. The van der Waals surface area contributed by atoms with Crippen molar-refractivity contribution >= 4 is 11.6 Å². The van der Waals surface area contributed by atoms with E-state index in [0.717, 1.165) is 0 Å². The van der Waals surface area contributed by atoms with E-state index in [2.05, 4.69) is 4.84 Å². The van der Waals surface area contributed by atoms with Crippen molar-refractivity contribution in [3.05, 3.63) is 34.3 Å². The van der Waals surface area contributed by atoms with Crippen molar-refractivity contribution in [2.75, 3.05) is 0 Å². The van der Waals surface area contributed by atoms with Gasteiger partial charge in [-0.15, -0.1) is 0 Å². The van der Waals surface area contributed by atoms with E-state index in [1.807, 2.05) is 0 Å². The Labute approximate surface area is 79.2 Å². The maximum Gasteiger partial charge on any atom is 0.263 e. The normalized spacial score (nSPS) is 10.8. The first-order chi connectivity index (χ1) is 6.15. The SMILES string of the molecule is NOCc1cc(C(F)F)ccc1Cl. The maximum absolute atomic E-state index is 12.2. The van der Waals surface area contributed by atoms with Crippen molar-refractivity contribution in [2.24, 2.45) is 5.90 Å². The fourth-order valence-electron chi connectivity index (χ4n) is 0.931. The molecular formula is C8H8ClF2NO. The van der Waals surface area contributed by atoms with E-state index in [1.54, 1.807) is 0 Å². The zero-order chi connectivity index (χ0) is 9.84. The van der Waals surface area contributed by atoms with E-state index in [0.29, 0.717) is 10.6 Å². The summed E-state index contributed by atoms with van der Waals surface area (Å²) in [5.41, 5.74) is 0.374. The molecule has 0 spiro atoms. The number of hydrogen-bond donors (Lipinski definition) is 1. The van der Waals surface area contributed by atoms with Crippen molar-refractivity contribution < 1.29 is 13.6 Å². The topological polar surface area (TPSA) is 35.2 Å². The Morgan fingerprint density at radius 1 is 1.46 bits per heavy atom. The number of rotatable bonds is 3. The molecule has 0 saturated carbocycles. The van der Waals surface area contributed by atoms with Gasteiger partial charge in [-0.1, -0.05) is 17.7 Å². The molecule has 72 valence electrons. The first-order valence-corrected chi connectivity index (χ1v) is 3.91. The Kier molecular flexibility index (Phi) is 3.59. The lowest BCUT2D eigenvalue weighted by Gasteiger charge is -2.05. The van der Waals surface area contributed by atoms with E-state index in [4.69, 9.17) is 17.5 Å². The van der Waals surface area contributed by atoms with Gasteiger partial charge in [0.25, 0.3) is 6.43 Å². The number of hydrogen-bond acceptors (Lipinski definition) is 2. The molecule has 1 aromatic rings. The van der Waals surface area contributed by atoms with E-state index in [-0.39, 0.29) is 12.2 Å². The van der Waals surface area contributed by atoms with Crippen LogP contribution in [0.25, 0.3) is 0 Å². The van der Waals surface area contributed by atoms with E-state index < -0.39 is 6.43 Å². The molecule has 0 heterocycles. The highest BCUT2D eigenvalue weighted by Crippen LogP contribution is 2.24. The van der Waals surface area contributed by atoms with Gasteiger partial charge in [0.15, 0.2) is 0 Å². The van der Waals surface area contributed by atoms with Crippen LogP contribution in [0.4, 0.5) is 8.78 Å². The number of halogens is 3. The van der Waals surface area contributed by atoms with Gasteiger partial charge in [-0.25, -0.2) is 14.7 Å². The summed E-state index contributed by atoms with van der Waals surface area (Å²) in [4.78, 5) is 4.31. The van der Waals surface area contributed by atoms with Crippen molar-refractivity contribution in [1.29, 1.82) is 0 Å². The van der Waals surface area contributed by atoms with Crippen LogP contribution in [0.3, 0.4) is 0 Å². The molecule has 13 heavy (non-hydrogen) atoms. The number of benzene rings is 1. The third-order valence-electron chi connectivity index (χ3n) is 1.56. The molecule has 1 aromatic carbocycles. The predicted molar refractivity (Wildman–Crippen MR) is 45.4 cm³/mol. The number of nitrogens with two attached hydrogens (primary N) is 1. The molecule has 0 amide bonds. The highest BCUT2D eigenvalue weighted by molar-refractivity contribution is 6.31. The van der Waals surface area contributed by atoms with Gasteiger partial charge in [-0.05, 0) is 17.7 Å². The molecule has 1 rings (SSSR count). The van der Waals surface area contributed by atoms with Crippen LogP contribution in [0.5, 0.6) is 0 Å². The standard InChI is InChI=1S/C8H8ClF2NO/c9-7-2-1-5(8(10)11)3-6(7)4-13-12/h1-3,8H,4,12H2. The predicted octanol–water partition coefficient (Wildman–Crippen LogP) is 2.67. The molecule has 0 radical (unpaired) electrons. The summed E-state index contributed by atoms with van der Waals surface area (Å²) in [5.74, 6) is 4.81. The summed E-state index contributed by atoms with van der Waals surface area (Å²) in [6, 6.07) is 3.95. The van der Waals surface area contributed by atoms with E-state index in [1.165, 1.54) is 18.2 Å². The molecule has 0 aliphatic carbocycles. The molecule has 0 atom stereocenters. The van der Waals surface area contributed by atoms with Crippen LogP contribution in [-0.2, 0) is 11.4 Å². The molecular weight excluding hydrogens is 200 g/mol. The van der Waals surface area contributed by atoms with Gasteiger partial charge >= 0.3 is 0 Å². The van der Waals surface area contributed by atoms with E-state index >= 15 is 0 Å². The van der Waals surface area contributed by atoms with Crippen LogP contribution in [0.1, 0.15) is 17.6 Å². The van der Waals surface area contributed by atoms with Crippen molar-refractivity contribution in [1.82, 2.24) is 0 Å². The van der Waals surface area contributed by atoms with Gasteiger partial charge in [0.1, 0.15) is 0 Å². The van der Waals surface area contributed by atoms with Crippen LogP contribution in [0, 0.1) is 0 Å². The minimum atomic E-state index is -2.51. The minimum Gasteiger partial charge on any atom is -0.300 e. The maximum atomic E-state index is 12.2. The molecule has 0 unspecified atom stereocenters. The minimum absolute atomic E-state index is 0.0272. The molecule has 0 aliphatic heterocycles. The Balaban J connectivity index is 2.97. The number of alkyl halides is 2. The second kappa shape index (κ2) is 4.50. The summed E-state index contributed by atoms with van der Waals surface area (Å²) in [7, 11) is 0. The lowest BCUT2D eigenvalue weighted by atomic mass is 10.1. The van der Waals surface area contributed by atoms with Gasteiger partial charge in [0.2, 0.25) is 0 Å². The Hall–Kier alpha value is -0.710. The van der Waals surface area contributed by atoms with Crippen LogP contribution < -0.4 is 5.90 Å². The van der Waals surface area contributed by atoms with Crippen LogP contribution in [-0.4, -0.2) is 0 Å². The second-order valence-electron chi connectivity index (χ2n) is 2.46. The zero-order valence-electron chi connectivity index (χ0n) is 6.64. The highest BCUT2D eigenvalue weighted by atomic mass is 35.5. The first kappa shape index (κ1) is 10.4. The molecule has 5 heteroatoms. The zero-order valence-corrected chi connectivity index (χ0v) is 7.39. The largest absolute Gasteiger partial charge is 0.300 e. The molecule has 2 nitrogen and oxygen atoms in total. The Morgan fingerprint density at radius 3 is 2.69 bits per heavy atom. The summed E-state index contributed by atoms with van der Waals surface area (Å²) in [6.07, 6.45) is -2.51. The third kappa shape index (κ3) is 2.62. The highest BCUT2D eigenvalue weighted by Gasteiger charge is 2.09. The second-order valence-corrected chi connectivity index (χ2v) is 2.87. The quantitative estimate of drug-likeness (QED) is 0.774. The van der Waals surface area contributed by atoms with E-state index in [9.17, 15) is 8.78 Å². The van der Waals surface area contributed by atoms with Crippen molar-refractivity contribution in [3.63, 3.8) is 0 Å². The molecule has 0 fully saturated rings. The monoisotopic (exact) mass is 207 g/mol. The van der Waals surface area contributed by atoms with Crippen molar-refractivity contribution in [3.8, 4) is 0 Å². The smallest absolute Gasteiger partial charge is 0.263 e. The molecule has 0 bridgehead atoms. The molecule has 0 saturated heterocycles. The summed E-state index contributed by atoms with van der Waals surface area (Å²) in [6.45, 7) is 0.0272. The van der Waals surface area contributed by atoms with Gasteiger partial charge in [0, 0.05) is 10.6 Å². The van der Waals surface area contributed by atoms with Crippen LogP contribution in [0.15, 0.2) is 18.2 Å². The average molecular weight is 208 g/mol. The van der Waals surface area contributed by atoms with Crippen LogP contribution >= 0.6 is 11.6 Å². The Morgan fingerprint density at radius 2 is 2.15 bits per heavy atom. The lowest BCUT2D eigenvalue weighted by Crippen LogP contribution is -2.00. The lowest BCUT2D eigenvalue weighted by molar-refractivity contribution is 0.123. The summed E-state index contributed by atoms with van der Waals surface area (Å²) in [5, 5.41) is 0.370.